The molecule has 0 aliphatic heterocycles. The van der Waals surface area contributed by atoms with Crippen molar-refractivity contribution in [3.63, 3.8) is 0 Å². The van der Waals surface area contributed by atoms with Crippen molar-refractivity contribution in [2.45, 2.75) is 13.8 Å². The molecule has 0 fully saturated rings. The Morgan fingerprint density at radius 2 is 1.51 bits per heavy atom. The van der Waals surface area contributed by atoms with Crippen molar-refractivity contribution in [1.29, 1.82) is 0 Å². The van der Waals surface area contributed by atoms with Gasteiger partial charge in [-0.15, -0.1) is 0 Å². The number of H-pyrrole nitrogens is 2. The van der Waals surface area contributed by atoms with Crippen molar-refractivity contribution in [2.24, 2.45) is 0 Å². The third-order valence-electron chi connectivity index (χ3n) is 6.46. The zero-order valence-corrected chi connectivity index (χ0v) is 23.6. The van der Waals surface area contributed by atoms with Crippen molar-refractivity contribution in [2.75, 3.05) is 19.5 Å². The van der Waals surface area contributed by atoms with Crippen LogP contribution in [0.2, 0.25) is 0 Å². The smallest absolute Gasteiger partial charge is 0.198 e. The minimum Gasteiger partial charge on any atom is -0.496 e. The summed E-state index contributed by atoms with van der Waals surface area (Å²) < 4.78 is 37.2. The number of hydrogen-bond donors (Lipinski definition) is 3. The van der Waals surface area contributed by atoms with E-state index in [1.807, 2.05) is 13.8 Å². The van der Waals surface area contributed by atoms with E-state index in [1.165, 1.54) is 26.5 Å². The number of aromatic nitrogens is 5. The number of fused-ring (bicyclic) bond motifs is 2. The Bertz CT molecular complexity index is 1970. The van der Waals surface area contributed by atoms with Crippen LogP contribution in [0.5, 0.6) is 11.5 Å². The lowest BCUT2D eigenvalue weighted by Crippen LogP contribution is -2.05. The van der Waals surface area contributed by atoms with Gasteiger partial charge in [-0.2, -0.15) is 0 Å². The number of pyridine rings is 1. The normalized spacial score (nSPS) is 10.7. The third kappa shape index (κ3) is 6.17. The van der Waals surface area contributed by atoms with E-state index in [9.17, 15) is 18.4 Å². The topological polar surface area (TPSA) is 135 Å². The highest BCUT2D eigenvalue weighted by Crippen LogP contribution is 2.28. The first-order valence-corrected chi connectivity index (χ1v) is 13.0. The molecule has 0 aliphatic carbocycles. The summed E-state index contributed by atoms with van der Waals surface area (Å²) in [5, 5.41) is 2.75. The molecule has 43 heavy (non-hydrogen) atoms. The van der Waals surface area contributed by atoms with Crippen LogP contribution in [0.15, 0.2) is 60.8 Å². The summed E-state index contributed by atoms with van der Waals surface area (Å²) in [6, 6.07) is 13.2. The quantitative estimate of drug-likeness (QED) is 0.149. The first kappa shape index (κ1) is 28.9. The van der Waals surface area contributed by atoms with Crippen LogP contribution in [0.4, 0.5) is 20.3 Å². The Balaban J connectivity index is 0.000000220. The monoisotopic (exact) mass is 584 g/mol. The molecular weight excluding hydrogens is 558 g/mol. The molecular formula is C31H26F2N6O4. The molecule has 3 N–H and O–H groups in total. The van der Waals surface area contributed by atoms with Crippen LogP contribution >= 0.6 is 0 Å². The summed E-state index contributed by atoms with van der Waals surface area (Å²) >= 11 is 0. The first-order valence-electron chi connectivity index (χ1n) is 13.0. The van der Waals surface area contributed by atoms with Gasteiger partial charge in [0.25, 0.3) is 0 Å². The lowest BCUT2D eigenvalue weighted by atomic mass is 10.0. The second kappa shape index (κ2) is 12.1. The number of rotatable bonds is 7. The lowest BCUT2D eigenvalue weighted by Gasteiger charge is -2.09. The fourth-order valence-electron chi connectivity index (χ4n) is 4.45. The lowest BCUT2D eigenvalue weighted by molar-refractivity contribution is 0.103. The number of anilines is 2. The van der Waals surface area contributed by atoms with E-state index in [0.717, 1.165) is 46.6 Å². The van der Waals surface area contributed by atoms with Gasteiger partial charge in [0.15, 0.2) is 12.1 Å². The van der Waals surface area contributed by atoms with Gasteiger partial charge in [-0.25, -0.2) is 23.7 Å². The zero-order valence-electron chi connectivity index (χ0n) is 23.6. The van der Waals surface area contributed by atoms with E-state index in [-0.39, 0.29) is 11.5 Å². The number of ketones is 1. The van der Waals surface area contributed by atoms with E-state index < -0.39 is 11.6 Å². The largest absolute Gasteiger partial charge is 0.496 e. The Labute approximate surface area is 244 Å². The van der Waals surface area contributed by atoms with Gasteiger partial charge in [-0.3, -0.25) is 9.59 Å². The highest BCUT2D eigenvalue weighted by Gasteiger charge is 2.18. The Morgan fingerprint density at radius 1 is 0.860 bits per heavy atom. The Kier molecular flexibility index (Phi) is 8.10. The number of hydrogen-bond acceptors (Lipinski definition) is 8. The molecule has 0 radical (unpaired) electrons. The Hall–Kier alpha value is -5.65. The fourth-order valence-corrected chi connectivity index (χ4v) is 4.45. The maximum atomic E-state index is 13.8. The van der Waals surface area contributed by atoms with Gasteiger partial charge in [-0.1, -0.05) is 0 Å². The van der Waals surface area contributed by atoms with E-state index in [0.29, 0.717) is 39.5 Å². The summed E-state index contributed by atoms with van der Waals surface area (Å²) in [7, 11) is 3.02. The van der Waals surface area contributed by atoms with Crippen LogP contribution in [-0.2, 0) is 0 Å². The predicted octanol–water partition coefficient (Wildman–Crippen LogP) is 6.22. The molecule has 0 unspecified atom stereocenters. The molecule has 3 aromatic carbocycles. The molecule has 218 valence electrons. The van der Waals surface area contributed by atoms with Gasteiger partial charge in [0, 0.05) is 30.0 Å². The molecule has 12 heteroatoms. The SMILES string of the molecule is COc1cc2nc(C)[nH]c2cc1C(=O)c1ccc(Nc2ccc(F)cc2F)nc1.COc1cc2nc(C)[nH]c2cc1C=O. The number of nitrogens with zero attached hydrogens (tertiary/aromatic N) is 3. The van der Waals surface area contributed by atoms with Crippen LogP contribution in [0, 0.1) is 25.5 Å². The summed E-state index contributed by atoms with van der Waals surface area (Å²) in [6.07, 6.45) is 2.16. The summed E-state index contributed by atoms with van der Waals surface area (Å²) in [5.41, 5.74) is 4.41. The van der Waals surface area contributed by atoms with Crippen LogP contribution < -0.4 is 14.8 Å². The average Bonchev–Trinajstić information content (AvgIpc) is 3.56. The van der Waals surface area contributed by atoms with Crippen LogP contribution in [-0.4, -0.2) is 51.2 Å². The molecule has 3 aromatic heterocycles. The predicted molar refractivity (Wildman–Crippen MR) is 157 cm³/mol. The van der Waals surface area contributed by atoms with Crippen molar-refractivity contribution in [3.05, 3.63) is 101 Å². The third-order valence-corrected chi connectivity index (χ3v) is 6.46. The number of carbonyl (C=O) groups is 2. The first-order chi connectivity index (χ1) is 20.7. The molecule has 0 atom stereocenters. The number of aryl methyl sites for hydroxylation is 2. The highest BCUT2D eigenvalue weighted by atomic mass is 19.1. The molecule has 0 amide bonds. The summed E-state index contributed by atoms with van der Waals surface area (Å²) in [5.74, 6) is 1.16. The minimum absolute atomic E-state index is 0.0831. The molecule has 3 heterocycles. The average molecular weight is 585 g/mol. The van der Waals surface area contributed by atoms with E-state index >= 15 is 0 Å². The molecule has 0 spiro atoms. The number of carbonyl (C=O) groups excluding carboxylic acids is 2. The zero-order chi connectivity index (χ0) is 30.7. The maximum absolute atomic E-state index is 13.8. The number of benzene rings is 3. The standard InChI is InChI=1S/C21H16F2N4O2.C10H10N2O2/c1-11-25-17-8-14(19(29-2)9-18(17)26-11)21(28)12-3-6-20(24-10-12)27-16-5-4-13(22)7-15(16)23;1-6-11-8-3-7(5-13)10(14-2)4-9(8)12-6/h3-10H,1-2H3,(H,24,27)(H,25,26);3-5H,1-2H3,(H,11,12). The summed E-state index contributed by atoms with van der Waals surface area (Å²) in [6.45, 7) is 3.70. The van der Waals surface area contributed by atoms with Crippen LogP contribution in [0.1, 0.15) is 37.9 Å². The Morgan fingerprint density at radius 3 is 2.09 bits per heavy atom. The number of aromatic amines is 2. The van der Waals surface area contributed by atoms with Gasteiger partial charge >= 0.3 is 0 Å². The molecule has 0 saturated heterocycles. The van der Waals surface area contributed by atoms with Crippen molar-refractivity contribution < 1.29 is 27.8 Å². The number of halogens is 2. The molecule has 0 bridgehead atoms. The van der Waals surface area contributed by atoms with Crippen LogP contribution in [0.3, 0.4) is 0 Å². The number of imidazole rings is 2. The number of methoxy groups -OCH3 is 2. The second-order valence-corrected chi connectivity index (χ2v) is 9.45. The second-order valence-electron chi connectivity index (χ2n) is 9.45. The van der Waals surface area contributed by atoms with Gasteiger partial charge in [0.1, 0.15) is 40.6 Å². The molecule has 6 rings (SSSR count). The van der Waals surface area contributed by atoms with Crippen LogP contribution in [0.25, 0.3) is 22.1 Å². The number of aldehydes is 1. The number of ether oxygens (including phenoxy) is 2. The van der Waals surface area contributed by atoms with Gasteiger partial charge in [0.05, 0.1) is 53.1 Å². The molecule has 0 saturated carbocycles. The molecule has 10 nitrogen and oxygen atoms in total. The molecule has 0 aliphatic rings. The maximum Gasteiger partial charge on any atom is 0.198 e. The number of nitrogens with one attached hydrogen (secondary N) is 3. The van der Waals surface area contributed by atoms with E-state index in [2.05, 4.69) is 30.2 Å². The van der Waals surface area contributed by atoms with E-state index in [1.54, 1.807) is 36.4 Å². The minimum atomic E-state index is -0.736. The van der Waals surface area contributed by atoms with Crippen molar-refractivity contribution >= 4 is 45.6 Å². The molecule has 6 aromatic rings. The van der Waals surface area contributed by atoms with Gasteiger partial charge in [-0.05, 0) is 50.2 Å². The van der Waals surface area contributed by atoms with Gasteiger partial charge in [0.2, 0.25) is 0 Å². The summed E-state index contributed by atoms with van der Waals surface area (Å²) in [4.78, 5) is 42.6. The highest BCUT2D eigenvalue weighted by molar-refractivity contribution is 6.12. The fraction of sp³-hybridized carbons (Fsp3) is 0.129. The van der Waals surface area contributed by atoms with Crippen molar-refractivity contribution in [3.8, 4) is 11.5 Å². The van der Waals surface area contributed by atoms with E-state index in [4.69, 9.17) is 9.47 Å². The van der Waals surface area contributed by atoms with Crippen molar-refractivity contribution in [1.82, 2.24) is 24.9 Å². The van der Waals surface area contributed by atoms with Gasteiger partial charge < -0.3 is 24.8 Å².